The number of aromatic nitrogens is 2. The summed E-state index contributed by atoms with van der Waals surface area (Å²) >= 11 is 1.67. The molecule has 9 heteroatoms. The highest BCUT2D eigenvalue weighted by molar-refractivity contribution is 7.89. The van der Waals surface area contributed by atoms with Crippen LogP contribution in [0.2, 0.25) is 0 Å². The molecule has 0 radical (unpaired) electrons. The van der Waals surface area contributed by atoms with E-state index >= 15 is 0 Å². The second-order valence-corrected chi connectivity index (χ2v) is 11.4. The Labute approximate surface area is 194 Å². The molecule has 3 aromatic rings. The van der Waals surface area contributed by atoms with Gasteiger partial charge >= 0.3 is 0 Å². The highest BCUT2D eigenvalue weighted by Crippen LogP contribution is 2.24. The van der Waals surface area contributed by atoms with Crippen molar-refractivity contribution in [2.75, 3.05) is 21.1 Å². The summed E-state index contributed by atoms with van der Waals surface area (Å²) in [6.45, 7) is 5.59. The van der Waals surface area contributed by atoms with Gasteiger partial charge in [0.25, 0.3) is 0 Å². The van der Waals surface area contributed by atoms with Gasteiger partial charge in [-0.3, -0.25) is 4.79 Å². The van der Waals surface area contributed by atoms with E-state index in [0.29, 0.717) is 24.9 Å². The number of sulfonamides is 1. The van der Waals surface area contributed by atoms with E-state index in [1.54, 1.807) is 28.4 Å². The van der Waals surface area contributed by atoms with Crippen molar-refractivity contribution in [2.24, 2.45) is 0 Å². The molecule has 0 saturated carbocycles. The predicted molar refractivity (Wildman–Crippen MR) is 129 cm³/mol. The lowest BCUT2D eigenvalue weighted by Crippen LogP contribution is -2.26. The molecule has 174 valence electrons. The van der Waals surface area contributed by atoms with Crippen LogP contribution in [0.1, 0.15) is 42.5 Å². The van der Waals surface area contributed by atoms with Crippen LogP contribution in [-0.2, 0) is 34.3 Å². The number of unbranched alkanes of at least 4 members (excludes halogenated alkanes) is 1. The van der Waals surface area contributed by atoms with Crippen LogP contribution in [0.25, 0.3) is 11.0 Å². The number of thiophene rings is 1. The van der Waals surface area contributed by atoms with Crippen molar-refractivity contribution in [3.8, 4) is 0 Å². The minimum absolute atomic E-state index is 0.0720. The van der Waals surface area contributed by atoms with Gasteiger partial charge in [-0.1, -0.05) is 13.3 Å². The lowest BCUT2D eigenvalue weighted by molar-refractivity contribution is -0.130. The molecule has 0 bridgehead atoms. The van der Waals surface area contributed by atoms with Crippen LogP contribution in [0.5, 0.6) is 0 Å². The Kier molecular flexibility index (Phi) is 7.74. The quantitative estimate of drug-likeness (QED) is 0.442. The van der Waals surface area contributed by atoms with Gasteiger partial charge in [0.15, 0.2) is 0 Å². The molecule has 0 aliphatic rings. The van der Waals surface area contributed by atoms with Crippen LogP contribution in [0.4, 0.5) is 0 Å². The molecule has 7 nitrogen and oxygen atoms in total. The fourth-order valence-electron chi connectivity index (χ4n) is 3.57. The number of hydrogen-bond acceptors (Lipinski definition) is 5. The van der Waals surface area contributed by atoms with E-state index in [1.807, 2.05) is 18.5 Å². The Bertz CT molecular complexity index is 1200. The summed E-state index contributed by atoms with van der Waals surface area (Å²) < 4.78 is 28.4. The Morgan fingerprint density at radius 2 is 1.94 bits per heavy atom. The molecule has 0 unspecified atom stereocenters. The van der Waals surface area contributed by atoms with Crippen LogP contribution >= 0.6 is 11.3 Å². The number of carbonyl (C=O) groups is 1. The largest absolute Gasteiger partial charge is 0.341 e. The van der Waals surface area contributed by atoms with E-state index < -0.39 is 10.0 Å². The number of rotatable bonds is 10. The minimum Gasteiger partial charge on any atom is -0.341 e. The molecule has 1 aromatic carbocycles. The first kappa shape index (κ1) is 24.4. The number of amides is 1. The maximum atomic E-state index is 12.8. The molecule has 3 rings (SSSR count). The number of nitrogens with zero attached hydrogens (tertiary/aromatic N) is 4. The van der Waals surface area contributed by atoms with Gasteiger partial charge in [0.2, 0.25) is 15.9 Å². The highest BCUT2D eigenvalue weighted by Gasteiger charge is 2.20. The van der Waals surface area contributed by atoms with Crippen LogP contribution in [0.15, 0.2) is 34.5 Å². The molecular formula is C23H32N4O3S2. The van der Waals surface area contributed by atoms with Crippen molar-refractivity contribution in [3.63, 3.8) is 0 Å². The predicted octanol–water partition coefficient (Wildman–Crippen LogP) is 4.05. The molecule has 0 saturated heterocycles. The van der Waals surface area contributed by atoms with Crippen molar-refractivity contribution in [1.82, 2.24) is 18.8 Å². The van der Waals surface area contributed by atoms with Crippen LogP contribution < -0.4 is 0 Å². The van der Waals surface area contributed by atoms with Gasteiger partial charge in [0.1, 0.15) is 5.82 Å². The smallest absolute Gasteiger partial charge is 0.242 e. The van der Waals surface area contributed by atoms with Crippen molar-refractivity contribution in [3.05, 3.63) is 45.9 Å². The Morgan fingerprint density at radius 1 is 1.19 bits per heavy atom. The normalized spacial score (nSPS) is 12.1. The zero-order valence-electron chi connectivity index (χ0n) is 19.5. The lowest BCUT2D eigenvalue weighted by Gasteiger charge is -2.17. The van der Waals surface area contributed by atoms with Gasteiger partial charge in [-0.15, -0.1) is 11.3 Å². The van der Waals surface area contributed by atoms with Gasteiger partial charge in [0, 0.05) is 45.4 Å². The monoisotopic (exact) mass is 476 g/mol. The average molecular weight is 477 g/mol. The Balaban J connectivity index is 1.82. The summed E-state index contributed by atoms with van der Waals surface area (Å²) in [6, 6.07) is 7.16. The van der Waals surface area contributed by atoms with Crippen molar-refractivity contribution < 1.29 is 13.2 Å². The third kappa shape index (κ3) is 5.22. The molecule has 0 spiro atoms. The first-order valence-electron chi connectivity index (χ1n) is 10.8. The van der Waals surface area contributed by atoms with Gasteiger partial charge < -0.3 is 9.47 Å². The summed E-state index contributed by atoms with van der Waals surface area (Å²) in [4.78, 5) is 20.7. The molecular weight excluding hydrogens is 444 g/mol. The number of fused-ring (bicyclic) bond motifs is 1. The van der Waals surface area contributed by atoms with Gasteiger partial charge in [-0.2, -0.15) is 0 Å². The van der Waals surface area contributed by atoms with Gasteiger partial charge in [-0.05, 0) is 48.6 Å². The fourth-order valence-corrected chi connectivity index (χ4v) is 5.45. The van der Waals surface area contributed by atoms with Gasteiger partial charge in [0.05, 0.1) is 22.5 Å². The van der Waals surface area contributed by atoms with E-state index in [-0.39, 0.29) is 10.8 Å². The van der Waals surface area contributed by atoms with Crippen LogP contribution in [0.3, 0.4) is 0 Å². The molecule has 0 N–H and O–H groups in total. The first-order chi connectivity index (χ1) is 15.1. The minimum atomic E-state index is -3.53. The molecule has 0 aliphatic carbocycles. The Hall–Kier alpha value is -2.23. The van der Waals surface area contributed by atoms with E-state index in [2.05, 4.69) is 24.5 Å². The highest BCUT2D eigenvalue weighted by atomic mass is 32.2. The molecule has 1 amide bonds. The molecule has 32 heavy (non-hydrogen) atoms. The van der Waals surface area contributed by atoms with Crippen LogP contribution in [-0.4, -0.2) is 54.2 Å². The van der Waals surface area contributed by atoms with Crippen LogP contribution in [0, 0.1) is 6.92 Å². The van der Waals surface area contributed by atoms with Crippen molar-refractivity contribution >= 4 is 38.3 Å². The van der Waals surface area contributed by atoms with E-state index in [0.717, 1.165) is 30.7 Å². The summed E-state index contributed by atoms with van der Waals surface area (Å²) in [5.74, 6) is 0.893. The standard InChI is InChI=1S/C23H32N4O3S2/c1-6-7-13-27-20-9-8-18(32(29,30)25(3)4)15-19(20)24-22(27)10-11-23(28)26(5)16-21-17(2)12-14-31-21/h8-9,12,14-15H,6-7,10-11,13,16H2,1-5H3. The second-order valence-electron chi connectivity index (χ2n) is 8.25. The SMILES string of the molecule is CCCCn1c(CCC(=O)N(C)Cc2sccc2C)nc2cc(S(=O)(=O)N(C)C)ccc21. The number of hydrogen-bond donors (Lipinski definition) is 0. The number of aryl methyl sites for hydroxylation is 3. The summed E-state index contributed by atoms with van der Waals surface area (Å²) in [5.41, 5.74) is 2.76. The third-order valence-electron chi connectivity index (χ3n) is 5.65. The first-order valence-corrected chi connectivity index (χ1v) is 13.2. The van der Waals surface area contributed by atoms with E-state index in [1.165, 1.54) is 28.8 Å². The van der Waals surface area contributed by atoms with Crippen molar-refractivity contribution in [1.29, 1.82) is 0 Å². The Morgan fingerprint density at radius 3 is 2.56 bits per heavy atom. The maximum Gasteiger partial charge on any atom is 0.242 e. The van der Waals surface area contributed by atoms with Crippen molar-refractivity contribution in [2.45, 2.75) is 57.5 Å². The summed E-state index contributed by atoms with van der Waals surface area (Å²) in [7, 11) is 1.34. The lowest BCUT2D eigenvalue weighted by atomic mass is 10.2. The van der Waals surface area contributed by atoms with Gasteiger partial charge in [-0.25, -0.2) is 17.7 Å². The molecule has 0 fully saturated rings. The zero-order valence-corrected chi connectivity index (χ0v) is 21.1. The molecule has 0 aliphatic heterocycles. The number of carbonyl (C=O) groups excluding carboxylic acids is 1. The molecule has 2 aromatic heterocycles. The maximum absolute atomic E-state index is 12.8. The summed E-state index contributed by atoms with van der Waals surface area (Å²) in [5, 5.41) is 2.05. The summed E-state index contributed by atoms with van der Waals surface area (Å²) in [6.07, 6.45) is 2.90. The third-order valence-corrected chi connectivity index (χ3v) is 8.47. The fraction of sp³-hybridized carbons (Fsp3) is 0.478. The van der Waals surface area contributed by atoms with E-state index in [9.17, 15) is 13.2 Å². The average Bonchev–Trinajstić information content (AvgIpc) is 3.32. The number of imidazole rings is 1. The zero-order chi connectivity index (χ0) is 23.5. The second kappa shape index (κ2) is 10.1. The topological polar surface area (TPSA) is 75.5 Å². The molecule has 2 heterocycles. The number of benzene rings is 1. The van der Waals surface area contributed by atoms with E-state index in [4.69, 9.17) is 4.98 Å². The molecule has 0 atom stereocenters.